The molecule has 1 aliphatic carbocycles. The SMILES string of the molecule is O=C(Nc1cc(-c2ncc(F)cn2)c(C(F)(F)F)cn1)[C@H]1CC2CC2N1c1cccnn1. The number of carbonyl (C=O) groups excluding carboxylic acids is 1. The quantitative estimate of drug-likeness (QED) is 0.617. The van der Waals surface area contributed by atoms with E-state index in [1.807, 2.05) is 4.90 Å². The number of hydrogen-bond acceptors (Lipinski definition) is 7. The highest BCUT2D eigenvalue weighted by molar-refractivity contribution is 5.97. The Morgan fingerprint density at radius 2 is 1.91 bits per heavy atom. The van der Waals surface area contributed by atoms with E-state index >= 15 is 0 Å². The number of amides is 1. The van der Waals surface area contributed by atoms with E-state index in [2.05, 4.69) is 30.5 Å². The molecule has 0 spiro atoms. The van der Waals surface area contributed by atoms with Crippen LogP contribution >= 0.6 is 0 Å². The Kier molecular flexibility index (Phi) is 4.72. The van der Waals surface area contributed by atoms with Gasteiger partial charge in [0, 0.05) is 24.0 Å². The maximum absolute atomic E-state index is 13.5. The van der Waals surface area contributed by atoms with Crippen LogP contribution < -0.4 is 10.2 Å². The smallest absolute Gasteiger partial charge is 0.340 e. The molecule has 3 aromatic heterocycles. The van der Waals surface area contributed by atoms with Gasteiger partial charge in [-0.25, -0.2) is 19.3 Å². The van der Waals surface area contributed by atoms with Crippen LogP contribution in [0.5, 0.6) is 0 Å². The highest BCUT2D eigenvalue weighted by Crippen LogP contribution is 2.49. The van der Waals surface area contributed by atoms with Crippen LogP contribution in [-0.2, 0) is 11.0 Å². The highest BCUT2D eigenvalue weighted by atomic mass is 19.4. The normalized spacial score (nSPS) is 21.9. The van der Waals surface area contributed by atoms with Gasteiger partial charge in [-0.1, -0.05) is 0 Å². The molecule has 2 unspecified atom stereocenters. The lowest BCUT2D eigenvalue weighted by Gasteiger charge is -2.27. The predicted molar refractivity (Wildman–Crippen MR) is 104 cm³/mol. The molecule has 0 aromatic carbocycles. The number of rotatable bonds is 4. The largest absolute Gasteiger partial charge is 0.418 e. The Morgan fingerprint density at radius 3 is 2.59 bits per heavy atom. The van der Waals surface area contributed by atoms with Crippen molar-refractivity contribution in [1.82, 2.24) is 25.1 Å². The molecule has 12 heteroatoms. The molecule has 2 aliphatic rings. The summed E-state index contributed by atoms with van der Waals surface area (Å²) in [5.41, 5.74) is -1.51. The minimum absolute atomic E-state index is 0.0920. The van der Waals surface area contributed by atoms with E-state index < -0.39 is 35.1 Å². The second kappa shape index (κ2) is 7.46. The maximum Gasteiger partial charge on any atom is 0.418 e. The molecule has 1 aliphatic heterocycles. The summed E-state index contributed by atoms with van der Waals surface area (Å²) in [7, 11) is 0. The summed E-state index contributed by atoms with van der Waals surface area (Å²) >= 11 is 0. The lowest BCUT2D eigenvalue weighted by atomic mass is 10.1. The van der Waals surface area contributed by atoms with Crippen LogP contribution in [0, 0.1) is 11.7 Å². The number of halogens is 4. The lowest BCUT2D eigenvalue weighted by Crippen LogP contribution is -2.42. The molecule has 0 radical (unpaired) electrons. The highest BCUT2D eigenvalue weighted by Gasteiger charge is 2.54. The zero-order valence-corrected chi connectivity index (χ0v) is 16.3. The Bertz CT molecular complexity index is 1160. The summed E-state index contributed by atoms with van der Waals surface area (Å²) in [6.45, 7) is 0. The van der Waals surface area contributed by atoms with E-state index in [1.54, 1.807) is 12.1 Å². The Hall–Kier alpha value is -3.70. The molecule has 1 N–H and O–H groups in total. The van der Waals surface area contributed by atoms with Gasteiger partial charge < -0.3 is 10.2 Å². The number of alkyl halides is 3. The minimum atomic E-state index is -4.74. The first-order chi connectivity index (χ1) is 15.3. The van der Waals surface area contributed by atoms with Crippen molar-refractivity contribution in [3.05, 3.63) is 54.4 Å². The average molecular weight is 445 g/mol. The van der Waals surface area contributed by atoms with Crippen LogP contribution in [0.1, 0.15) is 18.4 Å². The summed E-state index contributed by atoms with van der Waals surface area (Å²) in [4.78, 5) is 25.9. The molecular formula is C20H15F4N7O. The molecule has 3 aromatic rings. The number of hydrogen-bond donors (Lipinski definition) is 1. The van der Waals surface area contributed by atoms with Gasteiger partial charge in [0.1, 0.15) is 11.9 Å². The summed E-state index contributed by atoms with van der Waals surface area (Å²) in [5.74, 6) is -0.699. The molecular weight excluding hydrogens is 430 g/mol. The van der Waals surface area contributed by atoms with Crippen molar-refractivity contribution in [1.29, 1.82) is 0 Å². The second-order valence-electron chi connectivity index (χ2n) is 7.63. The van der Waals surface area contributed by atoms with Gasteiger partial charge in [-0.15, -0.1) is 5.10 Å². The van der Waals surface area contributed by atoms with Crippen molar-refractivity contribution >= 4 is 17.5 Å². The number of nitrogens with one attached hydrogen (secondary N) is 1. The van der Waals surface area contributed by atoms with Gasteiger partial charge in [-0.05, 0) is 37.0 Å². The molecule has 164 valence electrons. The molecule has 0 bridgehead atoms. The summed E-state index contributed by atoms with van der Waals surface area (Å²) < 4.78 is 53.5. The van der Waals surface area contributed by atoms with Gasteiger partial charge in [0.2, 0.25) is 5.91 Å². The van der Waals surface area contributed by atoms with Crippen molar-refractivity contribution in [3.8, 4) is 11.4 Å². The fraction of sp³-hybridized carbons (Fsp3) is 0.300. The molecule has 32 heavy (non-hydrogen) atoms. The van der Waals surface area contributed by atoms with E-state index in [4.69, 9.17) is 0 Å². The summed E-state index contributed by atoms with van der Waals surface area (Å²) in [5, 5.41) is 10.5. The zero-order chi connectivity index (χ0) is 22.5. The standard InChI is InChI=1S/C20H15F4N7O/c21-11-7-26-18(27-8-11)12-6-16(25-9-13(12)20(22,23)24)29-19(32)15-5-10-4-14(10)31(15)17-2-1-3-28-30-17/h1-3,6-10,14-15H,4-5H2,(H,25,29,32)/t10?,14?,15-/m1/s1. The van der Waals surface area contributed by atoms with Crippen molar-refractivity contribution < 1.29 is 22.4 Å². The number of aromatic nitrogens is 5. The van der Waals surface area contributed by atoms with E-state index in [9.17, 15) is 22.4 Å². The summed E-state index contributed by atoms with van der Waals surface area (Å²) in [6, 6.07) is 4.15. The van der Waals surface area contributed by atoms with Crippen LogP contribution in [0.15, 0.2) is 43.0 Å². The second-order valence-corrected chi connectivity index (χ2v) is 7.63. The first-order valence-electron chi connectivity index (χ1n) is 9.73. The van der Waals surface area contributed by atoms with Crippen LogP contribution in [0.4, 0.5) is 29.2 Å². The van der Waals surface area contributed by atoms with Gasteiger partial charge in [-0.3, -0.25) is 4.79 Å². The fourth-order valence-electron chi connectivity index (χ4n) is 4.05. The maximum atomic E-state index is 13.5. The number of carbonyl (C=O) groups is 1. The molecule has 1 amide bonds. The average Bonchev–Trinajstić information content (AvgIpc) is 3.43. The first-order valence-corrected chi connectivity index (χ1v) is 9.73. The van der Waals surface area contributed by atoms with Gasteiger partial charge in [0.15, 0.2) is 17.5 Å². The first kappa shape index (κ1) is 20.2. The van der Waals surface area contributed by atoms with Crippen LogP contribution in [0.3, 0.4) is 0 Å². The molecule has 1 saturated heterocycles. The van der Waals surface area contributed by atoms with Crippen LogP contribution in [-0.4, -0.2) is 43.1 Å². The molecule has 4 heterocycles. The number of fused-ring (bicyclic) bond motifs is 1. The number of pyridine rings is 1. The third-order valence-electron chi connectivity index (χ3n) is 5.55. The lowest BCUT2D eigenvalue weighted by molar-refractivity contribution is -0.137. The number of anilines is 2. The monoisotopic (exact) mass is 445 g/mol. The molecule has 5 rings (SSSR count). The van der Waals surface area contributed by atoms with Gasteiger partial charge in [-0.2, -0.15) is 18.3 Å². The topological polar surface area (TPSA) is 96.8 Å². The molecule has 2 fully saturated rings. The zero-order valence-electron chi connectivity index (χ0n) is 16.3. The summed E-state index contributed by atoms with van der Waals surface area (Å²) in [6.07, 6.45) is 0.481. The van der Waals surface area contributed by atoms with Crippen LogP contribution in [0.2, 0.25) is 0 Å². The minimum Gasteiger partial charge on any atom is -0.340 e. The third kappa shape index (κ3) is 3.72. The third-order valence-corrected chi connectivity index (χ3v) is 5.55. The van der Waals surface area contributed by atoms with E-state index in [0.29, 0.717) is 24.4 Å². The van der Waals surface area contributed by atoms with Crippen LogP contribution in [0.25, 0.3) is 11.4 Å². The van der Waals surface area contributed by atoms with Crippen molar-refractivity contribution in [2.75, 3.05) is 10.2 Å². The number of piperidine rings is 1. The van der Waals surface area contributed by atoms with Crippen molar-refractivity contribution in [3.63, 3.8) is 0 Å². The Morgan fingerprint density at radius 1 is 1.12 bits per heavy atom. The van der Waals surface area contributed by atoms with E-state index in [0.717, 1.165) is 24.9 Å². The Labute approximate surface area is 178 Å². The van der Waals surface area contributed by atoms with E-state index in [-0.39, 0.29) is 17.7 Å². The molecule has 8 nitrogen and oxygen atoms in total. The predicted octanol–water partition coefficient (Wildman–Crippen LogP) is 3.09. The van der Waals surface area contributed by atoms with Gasteiger partial charge in [0.05, 0.1) is 18.0 Å². The Balaban J connectivity index is 1.43. The van der Waals surface area contributed by atoms with Gasteiger partial charge in [0.25, 0.3) is 0 Å². The van der Waals surface area contributed by atoms with Crippen molar-refractivity contribution in [2.45, 2.75) is 31.1 Å². The molecule has 1 saturated carbocycles. The number of nitrogens with zero attached hydrogens (tertiary/aromatic N) is 6. The van der Waals surface area contributed by atoms with Gasteiger partial charge >= 0.3 is 6.18 Å². The molecule has 3 atom stereocenters. The van der Waals surface area contributed by atoms with Crippen molar-refractivity contribution in [2.24, 2.45) is 5.92 Å². The van der Waals surface area contributed by atoms with E-state index in [1.165, 1.54) is 6.20 Å². The fourth-order valence-corrected chi connectivity index (χ4v) is 4.05.